The number of allylic oxidation sites excluding steroid dienone is 1. The molecule has 10 heteroatoms. The van der Waals surface area contributed by atoms with Gasteiger partial charge in [0.05, 0.1) is 23.4 Å². The maximum Gasteiger partial charge on any atom is 0.259 e. The quantitative estimate of drug-likeness (QED) is 0.574. The molecule has 0 bridgehead atoms. The van der Waals surface area contributed by atoms with Crippen LogP contribution < -0.4 is 10.0 Å². The minimum absolute atomic E-state index is 0.0293. The molecule has 2 N–H and O–H groups in total. The van der Waals surface area contributed by atoms with Crippen molar-refractivity contribution >= 4 is 27.7 Å². The van der Waals surface area contributed by atoms with Crippen LogP contribution in [0.3, 0.4) is 0 Å². The monoisotopic (exact) mass is 495 g/mol. The van der Waals surface area contributed by atoms with E-state index < -0.39 is 38.2 Å². The Kier molecular flexibility index (Phi) is 6.85. The van der Waals surface area contributed by atoms with Gasteiger partial charge in [0.25, 0.3) is 5.91 Å². The van der Waals surface area contributed by atoms with Crippen LogP contribution >= 0.6 is 0 Å². The Hall–Kier alpha value is -1.94. The molecule has 34 heavy (non-hydrogen) atoms. The van der Waals surface area contributed by atoms with Gasteiger partial charge < -0.3 is 15.0 Å². The predicted octanol–water partition coefficient (Wildman–Crippen LogP) is 1.77. The number of nitrogens with zero attached hydrogens (tertiary/aromatic N) is 1. The van der Waals surface area contributed by atoms with Crippen LogP contribution in [0.2, 0.25) is 0 Å². The summed E-state index contributed by atoms with van der Waals surface area (Å²) < 4.78 is 32.8. The normalized spacial score (nSPS) is 36.9. The number of ether oxygens (including phenoxy) is 1. The van der Waals surface area contributed by atoms with Crippen LogP contribution in [0.15, 0.2) is 12.2 Å². The number of carbonyl (C=O) groups excluding carboxylic acids is 3. The van der Waals surface area contributed by atoms with E-state index in [0.29, 0.717) is 45.1 Å². The summed E-state index contributed by atoms with van der Waals surface area (Å²) in [5, 5.41) is 2.87. The van der Waals surface area contributed by atoms with Gasteiger partial charge in [0, 0.05) is 12.5 Å². The highest BCUT2D eigenvalue weighted by Crippen LogP contribution is 2.47. The number of sulfonamides is 1. The first-order chi connectivity index (χ1) is 16.0. The Bertz CT molecular complexity index is 975. The number of fused-ring (bicyclic) bond motifs is 2. The number of nitrogens with one attached hydrogen (secondary N) is 2. The molecular weight excluding hydrogens is 458 g/mol. The second-order valence-electron chi connectivity index (χ2n) is 10.6. The van der Waals surface area contributed by atoms with Gasteiger partial charge in [0.15, 0.2) is 0 Å². The zero-order chi connectivity index (χ0) is 24.7. The Labute approximate surface area is 202 Å². The molecule has 2 saturated carbocycles. The standard InChI is InChI=1S/C24H37N3O6S/c1-4-18-14-20(28)27-13-7-10-19(27)21(29)25-24(15-17(24)9-6-5-8-16(2)33-18)22(30)26-34(31,32)23(3)11-12-23/h6,9,16-19H,4-5,7-8,10-15H2,1-3H3,(H,25,29)(H,26,30)/b9-6-/t16-,17-,18+,19+,24-/m1/s1. The lowest BCUT2D eigenvalue weighted by Crippen LogP contribution is -2.57. The van der Waals surface area contributed by atoms with E-state index >= 15 is 0 Å². The zero-order valence-electron chi connectivity index (χ0n) is 20.3. The molecule has 9 nitrogen and oxygen atoms in total. The second-order valence-corrected chi connectivity index (χ2v) is 12.8. The molecule has 2 aliphatic heterocycles. The molecule has 1 saturated heterocycles. The molecular formula is C24H37N3O6S. The van der Waals surface area contributed by atoms with Gasteiger partial charge in [-0.15, -0.1) is 0 Å². The molecule has 0 unspecified atom stereocenters. The summed E-state index contributed by atoms with van der Waals surface area (Å²) >= 11 is 0. The van der Waals surface area contributed by atoms with E-state index in [0.717, 1.165) is 12.8 Å². The fourth-order valence-corrected chi connectivity index (χ4v) is 6.30. The molecule has 0 spiro atoms. The number of carbonyl (C=O) groups is 3. The molecule has 4 aliphatic rings. The van der Waals surface area contributed by atoms with Crippen molar-refractivity contribution in [3.8, 4) is 0 Å². The van der Waals surface area contributed by atoms with Crippen LogP contribution in [-0.4, -0.2) is 66.1 Å². The molecule has 0 aromatic rings. The summed E-state index contributed by atoms with van der Waals surface area (Å²) in [6.07, 6.45) is 8.60. The zero-order valence-corrected chi connectivity index (χ0v) is 21.2. The smallest absolute Gasteiger partial charge is 0.259 e. The Balaban J connectivity index is 1.57. The van der Waals surface area contributed by atoms with E-state index in [1.165, 1.54) is 0 Å². The molecule has 0 radical (unpaired) electrons. The van der Waals surface area contributed by atoms with Crippen LogP contribution in [0.4, 0.5) is 0 Å². The van der Waals surface area contributed by atoms with Gasteiger partial charge in [-0.2, -0.15) is 0 Å². The van der Waals surface area contributed by atoms with Crippen LogP contribution in [0.25, 0.3) is 0 Å². The van der Waals surface area contributed by atoms with Gasteiger partial charge in [-0.05, 0) is 65.2 Å². The third-order valence-electron chi connectivity index (χ3n) is 7.86. The number of amides is 3. The highest BCUT2D eigenvalue weighted by molar-refractivity contribution is 7.91. The summed E-state index contributed by atoms with van der Waals surface area (Å²) in [6, 6.07) is -0.667. The molecule has 3 amide bonds. The van der Waals surface area contributed by atoms with Crippen molar-refractivity contribution < 1.29 is 27.5 Å². The van der Waals surface area contributed by atoms with Gasteiger partial charge in [-0.1, -0.05) is 19.1 Å². The van der Waals surface area contributed by atoms with Crippen molar-refractivity contribution in [3.63, 3.8) is 0 Å². The minimum Gasteiger partial charge on any atom is -0.375 e. The fraction of sp³-hybridized carbons (Fsp3) is 0.792. The van der Waals surface area contributed by atoms with Crippen molar-refractivity contribution in [2.75, 3.05) is 6.54 Å². The summed E-state index contributed by atoms with van der Waals surface area (Å²) in [4.78, 5) is 41.2. The summed E-state index contributed by atoms with van der Waals surface area (Å²) in [7, 11) is -3.83. The molecule has 190 valence electrons. The van der Waals surface area contributed by atoms with Crippen LogP contribution in [0, 0.1) is 5.92 Å². The first-order valence-electron chi connectivity index (χ1n) is 12.5. The summed E-state index contributed by atoms with van der Waals surface area (Å²) in [6.45, 7) is 6.08. The highest BCUT2D eigenvalue weighted by atomic mass is 32.2. The van der Waals surface area contributed by atoms with E-state index in [9.17, 15) is 22.8 Å². The Morgan fingerprint density at radius 3 is 2.71 bits per heavy atom. The predicted molar refractivity (Wildman–Crippen MR) is 126 cm³/mol. The van der Waals surface area contributed by atoms with E-state index in [2.05, 4.69) is 10.0 Å². The third kappa shape index (κ3) is 4.89. The fourth-order valence-electron chi connectivity index (χ4n) is 4.99. The SMILES string of the molecule is CC[C@H]1CC(=O)N2CCC[C@H]2C(=O)N[C@]2(C(=O)NS(=O)(=O)C3(C)CC3)C[C@H]2/C=C\CC[C@@H](C)O1. The van der Waals surface area contributed by atoms with Crippen molar-refractivity contribution in [2.24, 2.45) is 5.92 Å². The molecule has 0 aromatic carbocycles. The number of hydrogen-bond donors (Lipinski definition) is 2. The maximum atomic E-state index is 13.3. The average Bonchev–Trinajstić information content (AvgIpc) is 3.63. The van der Waals surface area contributed by atoms with E-state index in [1.54, 1.807) is 11.8 Å². The van der Waals surface area contributed by atoms with Crippen LogP contribution in [0.5, 0.6) is 0 Å². The largest absolute Gasteiger partial charge is 0.375 e. The minimum atomic E-state index is -3.83. The molecule has 2 aliphatic carbocycles. The van der Waals surface area contributed by atoms with Gasteiger partial charge >= 0.3 is 0 Å². The van der Waals surface area contributed by atoms with Crippen LogP contribution in [0.1, 0.15) is 78.6 Å². The van der Waals surface area contributed by atoms with Crippen molar-refractivity contribution in [2.45, 2.75) is 107 Å². The summed E-state index contributed by atoms with van der Waals surface area (Å²) in [5.74, 6) is -1.51. The van der Waals surface area contributed by atoms with Gasteiger partial charge in [0.1, 0.15) is 11.6 Å². The van der Waals surface area contributed by atoms with Crippen LogP contribution in [-0.2, 0) is 29.1 Å². The average molecular weight is 496 g/mol. The first kappa shape index (κ1) is 25.2. The highest BCUT2D eigenvalue weighted by Gasteiger charge is 2.62. The molecule has 5 atom stereocenters. The lowest BCUT2D eigenvalue weighted by molar-refractivity contribution is -0.142. The number of rotatable bonds is 4. The maximum absolute atomic E-state index is 13.3. The third-order valence-corrected chi connectivity index (χ3v) is 10.0. The first-order valence-corrected chi connectivity index (χ1v) is 14.0. The topological polar surface area (TPSA) is 122 Å². The van der Waals surface area contributed by atoms with E-state index in [4.69, 9.17) is 4.74 Å². The molecule has 0 aromatic heterocycles. The van der Waals surface area contributed by atoms with Gasteiger partial charge in [0.2, 0.25) is 21.8 Å². The van der Waals surface area contributed by atoms with Crippen molar-refractivity contribution in [1.29, 1.82) is 0 Å². The van der Waals surface area contributed by atoms with E-state index in [-0.39, 0.29) is 30.5 Å². The van der Waals surface area contributed by atoms with Crippen molar-refractivity contribution in [1.82, 2.24) is 14.9 Å². The molecule has 4 rings (SSSR count). The van der Waals surface area contributed by atoms with Gasteiger partial charge in [-0.3, -0.25) is 19.1 Å². The number of hydrogen-bond acceptors (Lipinski definition) is 6. The Morgan fingerprint density at radius 1 is 1.29 bits per heavy atom. The Morgan fingerprint density at radius 2 is 2.03 bits per heavy atom. The van der Waals surface area contributed by atoms with Gasteiger partial charge in [-0.25, -0.2) is 8.42 Å². The molecule has 2 heterocycles. The summed E-state index contributed by atoms with van der Waals surface area (Å²) in [5.41, 5.74) is -1.31. The lowest BCUT2D eigenvalue weighted by atomic mass is 10.1. The van der Waals surface area contributed by atoms with Crippen molar-refractivity contribution in [3.05, 3.63) is 12.2 Å². The molecule has 3 fully saturated rings. The second kappa shape index (κ2) is 9.26. The van der Waals surface area contributed by atoms with E-state index in [1.807, 2.05) is 26.0 Å². The lowest BCUT2D eigenvalue weighted by Gasteiger charge is -2.28.